The van der Waals surface area contributed by atoms with Gasteiger partial charge in [-0.05, 0) is 25.5 Å². The van der Waals surface area contributed by atoms with Crippen molar-refractivity contribution in [3.05, 3.63) is 18.0 Å². The molecular weight excluding hydrogens is 188 g/mol. The Bertz CT molecular complexity index is 363. The Morgan fingerprint density at radius 2 is 2.53 bits per heavy atom. The summed E-state index contributed by atoms with van der Waals surface area (Å²) in [6, 6.07) is 4.40. The number of hydrogen-bond donors (Lipinski definition) is 0. The number of aromatic nitrogens is 2. The Morgan fingerprint density at radius 3 is 3.20 bits per heavy atom. The number of hydrogen-bond acceptors (Lipinski definition) is 3. The first-order valence-corrected chi connectivity index (χ1v) is 5.38. The largest absolute Gasteiger partial charge is 0.296 e. The predicted molar refractivity (Wildman–Crippen MR) is 56.8 cm³/mol. The van der Waals surface area contributed by atoms with Crippen molar-refractivity contribution < 1.29 is 0 Å². The van der Waals surface area contributed by atoms with E-state index < -0.39 is 0 Å². The molecule has 1 saturated heterocycles. The van der Waals surface area contributed by atoms with Crippen LogP contribution in [0, 0.1) is 17.2 Å². The molecule has 0 aliphatic carbocycles. The molecule has 0 saturated carbocycles. The van der Waals surface area contributed by atoms with Crippen LogP contribution in [0.4, 0.5) is 0 Å². The van der Waals surface area contributed by atoms with Crippen LogP contribution < -0.4 is 0 Å². The molecule has 1 atom stereocenters. The molecule has 4 heteroatoms. The van der Waals surface area contributed by atoms with E-state index in [4.69, 9.17) is 5.26 Å². The average molecular weight is 204 g/mol. The van der Waals surface area contributed by atoms with Gasteiger partial charge in [-0.2, -0.15) is 10.4 Å². The van der Waals surface area contributed by atoms with E-state index in [9.17, 15) is 0 Å². The van der Waals surface area contributed by atoms with E-state index in [-0.39, 0.29) is 5.92 Å². The van der Waals surface area contributed by atoms with Crippen LogP contribution in [-0.4, -0.2) is 27.8 Å². The number of nitrogens with zero attached hydrogens (tertiary/aromatic N) is 4. The minimum atomic E-state index is 0.215. The summed E-state index contributed by atoms with van der Waals surface area (Å²) >= 11 is 0. The van der Waals surface area contributed by atoms with E-state index in [1.807, 2.05) is 24.0 Å². The summed E-state index contributed by atoms with van der Waals surface area (Å²) < 4.78 is 1.90. The van der Waals surface area contributed by atoms with E-state index in [1.54, 1.807) is 0 Å². The lowest BCUT2D eigenvalue weighted by atomic mass is 10.00. The van der Waals surface area contributed by atoms with Crippen LogP contribution in [0.15, 0.2) is 12.3 Å². The maximum Gasteiger partial charge on any atom is 0.0669 e. The first kappa shape index (κ1) is 10.2. The van der Waals surface area contributed by atoms with Crippen LogP contribution in [0.25, 0.3) is 0 Å². The summed E-state index contributed by atoms with van der Waals surface area (Å²) in [5.74, 6) is 0.215. The number of aryl methyl sites for hydroxylation is 1. The fourth-order valence-electron chi connectivity index (χ4n) is 2.09. The molecule has 0 amide bonds. The molecule has 0 N–H and O–H groups in total. The van der Waals surface area contributed by atoms with Crippen LogP contribution in [-0.2, 0) is 13.6 Å². The average Bonchev–Trinajstić information content (AvgIpc) is 2.65. The van der Waals surface area contributed by atoms with Crippen molar-refractivity contribution in [2.24, 2.45) is 13.0 Å². The summed E-state index contributed by atoms with van der Waals surface area (Å²) in [5, 5.41) is 13.0. The van der Waals surface area contributed by atoms with Gasteiger partial charge in [-0.3, -0.25) is 9.58 Å². The summed E-state index contributed by atoms with van der Waals surface area (Å²) in [7, 11) is 1.96. The molecule has 0 aromatic carbocycles. The zero-order valence-electron chi connectivity index (χ0n) is 9.06. The van der Waals surface area contributed by atoms with Crippen molar-refractivity contribution >= 4 is 0 Å². The van der Waals surface area contributed by atoms with Crippen molar-refractivity contribution in [3.63, 3.8) is 0 Å². The smallest absolute Gasteiger partial charge is 0.0669 e. The topological polar surface area (TPSA) is 44.9 Å². The van der Waals surface area contributed by atoms with E-state index in [1.165, 1.54) is 5.69 Å². The van der Waals surface area contributed by atoms with Crippen molar-refractivity contribution in [1.82, 2.24) is 14.7 Å². The Morgan fingerprint density at radius 1 is 1.67 bits per heavy atom. The highest BCUT2D eigenvalue weighted by Gasteiger charge is 2.19. The van der Waals surface area contributed by atoms with E-state index >= 15 is 0 Å². The molecule has 0 spiro atoms. The van der Waals surface area contributed by atoms with Gasteiger partial charge >= 0.3 is 0 Å². The monoisotopic (exact) mass is 204 g/mol. The fraction of sp³-hybridized carbons (Fsp3) is 0.636. The lowest BCUT2D eigenvalue weighted by Crippen LogP contribution is -2.34. The minimum absolute atomic E-state index is 0.215. The second-order valence-electron chi connectivity index (χ2n) is 4.15. The molecule has 2 heterocycles. The molecule has 80 valence electrons. The normalized spacial score (nSPS) is 22.5. The molecule has 1 aromatic heterocycles. The van der Waals surface area contributed by atoms with Gasteiger partial charge in [0.25, 0.3) is 0 Å². The van der Waals surface area contributed by atoms with Gasteiger partial charge in [0.2, 0.25) is 0 Å². The molecule has 15 heavy (non-hydrogen) atoms. The molecule has 4 nitrogen and oxygen atoms in total. The molecule has 0 bridgehead atoms. The van der Waals surface area contributed by atoms with Gasteiger partial charge in [-0.25, -0.2) is 0 Å². The molecule has 1 aliphatic rings. The van der Waals surface area contributed by atoms with E-state index in [2.05, 4.69) is 16.1 Å². The van der Waals surface area contributed by atoms with Crippen LogP contribution in [0.3, 0.4) is 0 Å². The van der Waals surface area contributed by atoms with Gasteiger partial charge in [0.1, 0.15) is 0 Å². The van der Waals surface area contributed by atoms with Crippen molar-refractivity contribution in [3.8, 4) is 6.07 Å². The van der Waals surface area contributed by atoms with Gasteiger partial charge in [0, 0.05) is 26.3 Å². The standard InChI is InChI=1S/C11H16N4/c1-14-11(4-5-13-14)9-15-6-2-3-10(7-12)8-15/h4-5,10H,2-3,6,8-9H2,1H3/t10-/m1/s1. The third-order valence-electron chi connectivity index (χ3n) is 3.00. The zero-order chi connectivity index (χ0) is 10.7. The lowest BCUT2D eigenvalue weighted by molar-refractivity contribution is 0.188. The highest BCUT2D eigenvalue weighted by Crippen LogP contribution is 2.17. The SMILES string of the molecule is Cn1nccc1CN1CCC[C@H](C#N)C1. The molecule has 1 fully saturated rings. The maximum atomic E-state index is 8.90. The Balaban J connectivity index is 1.95. The first-order valence-electron chi connectivity index (χ1n) is 5.38. The van der Waals surface area contributed by atoms with Gasteiger partial charge in [-0.1, -0.05) is 0 Å². The molecular formula is C11H16N4. The fourth-order valence-corrected chi connectivity index (χ4v) is 2.09. The number of rotatable bonds is 2. The van der Waals surface area contributed by atoms with Crippen molar-refractivity contribution in [1.29, 1.82) is 5.26 Å². The summed E-state index contributed by atoms with van der Waals surface area (Å²) in [6.07, 6.45) is 4.01. The number of likely N-dealkylation sites (tertiary alicyclic amines) is 1. The second kappa shape index (κ2) is 4.45. The summed E-state index contributed by atoms with van der Waals surface area (Å²) in [6.45, 7) is 2.92. The quantitative estimate of drug-likeness (QED) is 0.726. The van der Waals surface area contributed by atoms with Crippen LogP contribution in [0.1, 0.15) is 18.5 Å². The zero-order valence-corrected chi connectivity index (χ0v) is 9.06. The summed E-state index contributed by atoms with van der Waals surface area (Å²) in [4.78, 5) is 2.34. The Labute approximate surface area is 90.1 Å². The highest BCUT2D eigenvalue weighted by atomic mass is 15.3. The maximum absolute atomic E-state index is 8.90. The van der Waals surface area contributed by atoms with Crippen LogP contribution >= 0.6 is 0 Å². The minimum Gasteiger partial charge on any atom is -0.296 e. The molecule has 0 unspecified atom stereocenters. The Kier molecular flexibility index (Phi) is 3.02. The van der Waals surface area contributed by atoms with Crippen LogP contribution in [0.2, 0.25) is 0 Å². The number of nitriles is 1. The Hall–Kier alpha value is -1.34. The van der Waals surface area contributed by atoms with Gasteiger partial charge in [-0.15, -0.1) is 0 Å². The number of piperidine rings is 1. The lowest BCUT2D eigenvalue weighted by Gasteiger charge is -2.29. The predicted octanol–water partition coefficient (Wildman–Crippen LogP) is 1.16. The first-order chi connectivity index (χ1) is 7.29. The molecule has 0 radical (unpaired) electrons. The van der Waals surface area contributed by atoms with E-state index in [0.717, 1.165) is 32.5 Å². The van der Waals surface area contributed by atoms with Crippen molar-refractivity contribution in [2.75, 3.05) is 13.1 Å². The molecule has 1 aliphatic heterocycles. The third kappa shape index (κ3) is 2.37. The van der Waals surface area contributed by atoms with E-state index in [0.29, 0.717) is 0 Å². The molecule has 2 rings (SSSR count). The van der Waals surface area contributed by atoms with Gasteiger partial charge < -0.3 is 0 Å². The van der Waals surface area contributed by atoms with Crippen molar-refractivity contribution in [2.45, 2.75) is 19.4 Å². The van der Waals surface area contributed by atoms with Gasteiger partial charge in [0.15, 0.2) is 0 Å². The highest BCUT2D eigenvalue weighted by molar-refractivity contribution is 5.00. The van der Waals surface area contributed by atoms with Crippen LogP contribution in [0.5, 0.6) is 0 Å². The molecule has 1 aromatic rings. The summed E-state index contributed by atoms with van der Waals surface area (Å²) in [5.41, 5.74) is 1.22. The third-order valence-corrected chi connectivity index (χ3v) is 3.00. The second-order valence-corrected chi connectivity index (χ2v) is 4.15. The van der Waals surface area contributed by atoms with Gasteiger partial charge in [0.05, 0.1) is 17.7 Å².